The maximum Gasteiger partial charge on any atom is 0.239 e. The van der Waals surface area contributed by atoms with Crippen molar-refractivity contribution in [1.29, 1.82) is 0 Å². The normalized spacial score (nSPS) is 23.6. The molecule has 1 aliphatic rings. The quantitative estimate of drug-likeness (QED) is 0.843. The molecule has 1 heterocycles. The molecule has 0 saturated carbocycles. The number of hydrogen-bond acceptors (Lipinski definition) is 4. The van der Waals surface area contributed by atoms with Crippen molar-refractivity contribution in [1.82, 2.24) is 5.32 Å². The number of benzene rings is 1. The third-order valence-electron chi connectivity index (χ3n) is 3.71. The Bertz CT molecular complexity index is 478. The highest BCUT2D eigenvalue weighted by Gasteiger charge is 2.35. The van der Waals surface area contributed by atoms with Gasteiger partial charge in [-0.1, -0.05) is 25.1 Å². The Morgan fingerprint density at radius 3 is 2.85 bits per heavy atom. The number of carbonyl (C=O) groups is 1. The second-order valence-electron chi connectivity index (χ2n) is 5.27. The molecule has 0 aliphatic carbocycles. The molecule has 0 bridgehead atoms. The number of amides is 1. The molecule has 1 aromatic carbocycles. The van der Waals surface area contributed by atoms with Crippen LogP contribution in [0.25, 0.3) is 0 Å². The molecule has 0 spiro atoms. The van der Waals surface area contributed by atoms with Crippen molar-refractivity contribution >= 4 is 5.91 Å². The summed E-state index contributed by atoms with van der Waals surface area (Å²) in [4.78, 5) is 11.9. The Morgan fingerprint density at radius 2 is 2.20 bits per heavy atom. The summed E-state index contributed by atoms with van der Waals surface area (Å²) in [5.74, 6) is 0.915. The second-order valence-corrected chi connectivity index (χ2v) is 5.27. The number of carbonyl (C=O) groups excluding carboxylic acids is 1. The van der Waals surface area contributed by atoms with Crippen LogP contribution in [0.5, 0.6) is 5.75 Å². The SMILES string of the molecule is COC[C@H](N)C(=O)N[C@H](C)[C@H]1Oc2ccccc2[C@H]1C. The van der Waals surface area contributed by atoms with E-state index in [0.717, 1.165) is 5.75 Å². The zero-order valence-corrected chi connectivity index (χ0v) is 12.1. The maximum atomic E-state index is 11.9. The van der Waals surface area contributed by atoms with Crippen LogP contribution >= 0.6 is 0 Å². The molecule has 0 radical (unpaired) electrons. The Labute approximate surface area is 119 Å². The molecule has 1 aromatic rings. The monoisotopic (exact) mass is 278 g/mol. The first-order chi connectivity index (χ1) is 9.54. The van der Waals surface area contributed by atoms with E-state index in [4.69, 9.17) is 15.2 Å². The molecule has 5 nitrogen and oxygen atoms in total. The van der Waals surface area contributed by atoms with Crippen LogP contribution in [0.4, 0.5) is 0 Å². The second kappa shape index (κ2) is 6.24. The lowest BCUT2D eigenvalue weighted by molar-refractivity contribution is -0.124. The van der Waals surface area contributed by atoms with Gasteiger partial charge in [0.15, 0.2) is 0 Å². The van der Waals surface area contributed by atoms with E-state index in [9.17, 15) is 4.79 Å². The minimum Gasteiger partial charge on any atom is -0.487 e. The third-order valence-corrected chi connectivity index (χ3v) is 3.71. The van der Waals surface area contributed by atoms with Crippen LogP contribution in [-0.4, -0.2) is 37.8 Å². The predicted octanol–water partition coefficient (Wildman–Crippen LogP) is 1.03. The van der Waals surface area contributed by atoms with Crippen LogP contribution in [-0.2, 0) is 9.53 Å². The summed E-state index contributed by atoms with van der Waals surface area (Å²) in [5, 5.41) is 2.90. The molecule has 110 valence electrons. The number of nitrogens with one attached hydrogen (secondary N) is 1. The predicted molar refractivity (Wildman–Crippen MR) is 76.7 cm³/mol. The van der Waals surface area contributed by atoms with E-state index >= 15 is 0 Å². The van der Waals surface area contributed by atoms with Crippen LogP contribution in [0, 0.1) is 0 Å². The van der Waals surface area contributed by atoms with E-state index in [1.54, 1.807) is 0 Å². The Morgan fingerprint density at radius 1 is 1.50 bits per heavy atom. The minimum absolute atomic E-state index is 0.0777. The Hall–Kier alpha value is -1.59. The highest BCUT2D eigenvalue weighted by molar-refractivity contribution is 5.82. The number of hydrogen-bond donors (Lipinski definition) is 2. The number of fused-ring (bicyclic) bond motifs is 1. The lowest BCUT2D eigenvalue weighted by Gasteiger charge is -2.25. The fraction of sp³-hybridized carbons (Fsp3) is 0.533. The first-order valence-corrected chi connectivity index (χ1v) is 6.85. The van der Waals surface area contributed by atoms with E-state index in [1.807, 2.05) is 25.1 Å². The van der Waals surface area contributed by atoms with Crippen LogP contribution in [0.3, 0.4) is 0 Å². The van der Waals surface area contributed by atoms with Gasteiger partial charge in [-0.25, -0.2) is 0 Å². The summed E-state index contributed by atoms with van der Waals surface area (Å²) >= 11 is 0. The molecule has 1 aliphatic heterocycles. The van der Waals surface area contributed by atoms with Gasteiger partial charge in [0.25, 0.3) is 0 Å². The smallest absolute Gasteiger partial charge is 0.239 e. The van der Waals surface area contributed by atoms with Crippen molar-refractivity contribution in [3.8, 4) is 5.75 Å². The van der Waals surface area contributed by atoms with Gasteiger partial charge in [-0.15, -0.1) is 0 Å². The Balaban J connectivity index is 1.98. The van der Waals surface area contributed by atoms with E-state index in [1.165, 1.54) is 12.7 Å². The molecule has 3 N–H and O–H groups in total. The van der Waals surface area contributed by atoms with Gasteiger partial charge < -0.3 is 20.5 Å². The summed E-state index contributed by atoms with van der Waals surface area (Å²) in [7, 11) is 1.52. The molecule has 2 rings (SSSR count). The lowest BCUT2D eigenvalue weighted by atomic mass is 9.93. The average molecular weight is 278 g/mol. The van der Waals surface area contributed by atoms with Gasteiger partial charge in [0, 0.05) is 18.6 Å². The number of methoxy groups -OCH3 is 1. The summed E-state index contributed by atoms with van der Waals surface area (Å²) in [5.41, 5.74) is 6.90. The van der Waals surface area contributed by atoms with E-state index < -0.39 is 6.04 Å². The van der Waals surface area contributed by atoms with Gasteiger partial charge >= 0.3 is 0 Å². The topological polar surface area (TPSA) is 73.6 Å². The van der Waals surface area contributed by atoms with Gasteiger partial charge in [-0.3, -0.25) is 4.79 Å². The number of ether oxygens (including phenoxy) is 2. The average Bonchev–Trinajstić information content (AvgIpc) is 2.77. The van der Waals surface area contributed by atoms with Crippen molar-refractivity contribution in [2.24, 2.45) is 5.73 Å². The van der Waals surface area contributed by atoms with E-state index in [-0.39, 0.29) is 30.6 Å². The fourth-order valence-corrected chi connectivity index (χ4v) is 2.59. The van der Waals surface area contributed by atoms with Crippen molar-refractivity contribution in [3.05, 3.63) is 29.8 Å². The van der Waals surface area contributed by atoms with E-state index in [0.29, 0.717) is 0 Å². The molecular weight excluding hydrogens is 256 g/mol. The van der Waals surface area contributed by atoms with E-state index in [2.05, 4.69) is 18.3 Å². The van der Waals surface area contributed by atoms with Crippen LogP contribution in [0.2, 0.25) is 0 Å². The summed E-state index contributed by atoms with van der Waals surface area (Å²) in [6.45, 7) is 4.25. The largest absolute Gasteiger partial charge is 0.487 e. The molecule has 5 heteroatoms. The molecule has 20 heavy (non-hydrogen) atoms. The number of rotatable bonds is 5. The summed E-state index contributed by atoms with van der Waals surface area (Å²) < 4.78 is 10.8. The first kappa shape index (κ1) is 14.8. The van der Waals surface area contributed by atoms with Gasteiger partial charge in [-0.2, -0.15) is 0 Å². The molecule has 0 saturated heterocycles. The zero-order valence-electron chi connectivity index (χ0n) is 12.1. The molecule has 4 atom stereocenters. The summed E-state index contributed by atoms with van der Waals surface area (Å²) in [6.07, 6.45) is -0.0777. The van der Waals surface area contributed by atoms with Crippen LogP contribution in [0.15, 0.2) is 24.3 Å². The molecular formula is C15H22N2O3. The van der Waals surface area contributed by atoms with Gasteiger partial charge in [0.2, 0.25) is 5.91 Å². The van der Waals surface area contributed by atoms with Gasteiger partial charge in [0.05, 0.1) is 12.6 Å². The highest BCUT2D eigenvalue weighted by atomic mass is 16.5. The third kappa shape index (κ3) is 2.94. The summed E-state index contributed by atoms with van der Waals surface area (Å²) in [6, 6.07) is 7.20. The standard InChI is InChI=1S/C15H22N2O3/c1-9-11-6-4-5-7-13(11)20-14(9)10(2)17-15(18)12(16)8-19-3/h4-7,9-10,12,14H,8,16H2,1-3H3,(H,17,18)/t9-,10-,12+,14+/m1/s1. The molecule has 0 unspecified atom stereocenters. The van der Waals surface area contributed by atoms with Crippen molar-refractivity contribution < 1.29 is 14.3 Å². The fourth-order valence-electron chi connectivity index (χ4n) is 2.59. The van der Waals surface area contributed by atoms with Crippen LogP contribution < -0.4 is 15.8 Å². The van der Waals surface area contributed by atoms with Gasteiger partial charge in [0.1, 0.15) is 17.9 Å². The zero-order chi connectivity index (χ0) is 14.7. The first-order valence-electron chi connectivity index (χ1n) is 6.85. The number of para-hydroxylation sites is 1. The van der Waals surface area contributed by atoms with Crippen molar-refractivity contribution in [2.45, 2.75) is 38.0 Å². The van der Waals surface area contributed by atoms with Crippen molar-refractivity contribution in [3.63, 3.8) is 0 Å². The maximum absolute atomic E-state index is 11.9. The van der Waals surface area contributed by atoms with Gasteiger partial charge in [-0.05, 0) is 13.0 Å². The molecule has 0 aromatic heterocycles. The molecule has 1 amide bonds. The van der Waals surface area contributed by atoms with Crippen LogP contribution in [0.1, 0.15) is 25.3 Å². The van der Waals surface area contributed by atoms with Crippen molar-refractivity contribution in [2.75, 3.05) is 13.7 Å². The molecule has 0 fully saturated rings. The minimum atomic E-state index is -0.651. The lowest BCUT2D eigenvalue weighted by Crippen LogP contribution is -2.51. The Kier molecular flexibility index (Phi) is 4.62. The number of nitrogens with two attached hydrogens (primary N) is 1. The highest BCUT2D eigenvalue weighted by Crippen LogP contribution is 2.38.